The lowest BCUT2D eigenvalue weighted by Gasteiger charge is -2.24. The quantitative estimate of drug-likeness (QED) is 0.715. The van der Waals surface area contributed by atoms with Crippen LogP contribution < -0.4 is 5.32 Å². The zero-order chi connectivity index (χ0) is 15.9. The van der Waals surface area contributed by atoms with E-state index >= 15 is 0 Å². The van der Waals surface area contributed by atoms with Gasteiger partial charge in [0.05, 0.1) is 4.90 Å². The van der Waals surface area contributed by atoms with Gasteiger partial charge in [-0.2, -0.15) is 4.31 Å². The lowest BCUT2D eigenvalue weighted by Crippen LogP contribution is -2.34. The molecule has 0 saturated heterocycles. The largest absolute Gasteiger partial charge is 0.312 e. The van der Waals surface area contributed by atoms with E-state index in [9.17, 15) is 8.42 Å². The fourth-order valence-corrected chi connectivity index (χ4v) is 4.98. The fourth-order valence-electron chi connectivity index (χ4n) is 2.22. The minimum atomic E-state index is -3.35. The van der Waals surface area contributed by atoms with Crippen LogP contribution in [0.25, 0.3) is 0 Å². The van der Waals surface area contributed by atoms with E-state index in [4.69, 9.17) is 0 Å². The topological polar surface area (TPSA) is 49.4 Å². The van der Waals surface area contributed by atoms with Crippen LogP contribution in [-0.2, 0) is 16.6 Å². The molecular formula is C15H28N2O2S2. The van der Waals surface area contributed by atoms with Crippen LogP contribution >= 0.6 is 11.3 Å². The maximum absolute atomic E-state index is 12.7. The average Bonchev–Trinajstić information content (AvgIpc) is 2.95. The SMILES string of the molecule is CCNCc1cc(S(=O)(=O)N(CC)CC(CC)CC)cs1. The second kappa shape index (κ2) is 8.88. The van der Waals surface area contributed by atoms with Gasteiger partial charge in [-0.15, -0.1) is 11.3 Å². The highest BCUT2D eigenvalue weighted by Crippen LogP contribution is 2.24. The molecule has 1 N–H and O–H groups in total. The zero-order valence-electron chi connectivity index (χ0n) is 13.6. The third-order valence-corrected chi connectivity index (χ3v) is 6.79. The van der Waals surface area contributed by atoms with Gasteiger partial charge in [0.15, 0.2) is 0 Å². The van der Waals surface area contributed by atoms with Crippen molar-refractivity contribution in [3.8, 4) is 0 Å². The van der Waals surface area contributed by atoms with E-state index in [1.54, 1.807) is 15.8 Å². The average molecular weight is 333 g/mol. The van der Waals surface area contributed by atoms with E-state index in [-0.39, 0.29) is 0 Å². The molecule has 21 heavy (non-hydrogen) atoms. The van der Waals surface area contributed by atoms with Crippen LogP contribution in [-0.4, -0.2) is 32.4 Å². The van der Waals surface area contributed by atoms with Crippen LogP contribution in [0.4, 0.5) is 0 Å². The number of sulfonamides is 1. The molecule has 4 nitrogen and oxygen atoms in total. The Kier molecular flexibility index (Phi) is 7.87. The number of hydrogen-bond acceptors (Lipinski definition) is 4. The molecule has 1 heterocycles. The minimum Gasteiger partial charge on any atom is -0.312 e. The van der Waals surface area contributed by atoms with Crippen LogP contribution in [0.3, 0.4) is 0 Å². The van der Waals surface area contributed by atoms with E-state index in [1.165, 1.54) is 11.3 Å². The summed E-state index contributed by atoms with van der Waals surface area (Å²) in [5.41, 5.74) is 0. The summed E-state index contributed by atoms with van der Waals surface area (Å²) < 4.78 is 27.1. The van der Waals surface area contributed by atoms with E-state index in [2.05, 4.69) is 19.2 Å². The van der Waals surface area contributed by atoms with Crippen LogP contribution in [0.2, 0.25) is 0 Å². The third-order valence-electron chi connectivity index (χ3n) is 3.79. The van der Waals surface area contributed by atoms with Gasteiger partial charge in [-0.05, 0) is 18.5 Å². The molecule has 1 aromatic rings. The van der Waals surface area contributed by atoms with Gasteiger partial charge >= 0.3 is 0 Å². The molecule has 0 aromatic carbocycles. The Labute approximate surface area is 133 Å². The van der Waals surface area contributed by atoms with E-state index < -0.39 is 10.0 Å². The highest BCUT2D eigenvalue weighted by molar-refractivity contribution is 7.89. The van der Waals surface area contributed by atoms with Crippen molar-refractivity contribution >= 4 is 21.4 Å². The first-order chi connectivity index (χ1) is 9.99. The molecule has 0 bridgehead atoms. The van der Waals surface area contributed by atoms with E-state index in [0.717, 1.165) is 30.8 Å². The van der Waals surface area contributed by atoms with Crippen molar-refractivity contribution in [3.05, 3.63) is 16.3 Å². The molecule has 0 unspecified atom stereocenters. The van der Waals surface area contributed by atoms with Gasteiger partial charge in [-0.3, -0.25) is 0 Å². The first-order valence-electron chi connectivity index (χ1n) is 7.77. The summed E-state index contributed by atoms with van der Waals surface area (Å²) in [6.07, 6.45) is 2.02. The van der Waals surface area contributed by atoms with Gasteiger partial charge in [-0.25, -0.2) is 8.42 Å². The third kappa shape index (κ3) is 5.06. The molecule has 0 radical (unpaired) electrons. The van der Waals surface area contributed by atoms with Crippen molar-refractivity contribution < 1.29 is 8.42 Å². The second-order valence-electron chi connectivity index (χ2n) is 5.17. The molecule has 0 amide bonds. The first-order valence-corrected chi connectivity index (χ1v) is 10.1. The van der Waals surface area contributed by atoms with Crippen LogP contribution in [0, 0.1) is 5.92 Å². The molecule has 122 valence electrons. The molecular weight excluding hydrogens is 304 g/mol. The van der Waals surface area contributed by atoms with E-state index in [0.29, 0.717) is 23.9 Å². The van der Waals surface area contributed by atoms with Gasteiger partial charge in [-0.1, -0.05) is 40.5 Å². The summed E-state index contributed by atoms with van der Waals surface area (Å²) in [5.74, 6) is 0.430. The normalized spacial score (nSPS) is 12.5. The number of rotatable bonds is 10. The summed E-state index contributed by atoms with van der Waals surface area (Å²) in [5, 5.41) is 4.99. The van der Waals surface area contributed by atoms with Gasteiger partial charge in [0, 0.05) is 29.9 Å². The summed E-state index contributed by atoms with van der Waals surface area (Å²) >= 11 is 1.51. The zero-order valence-corrected chi connectivity index (χ0v) is 15.2. The Hall–Kier alpha value is -0.430. The van der Waals surface area contributed by atoms with Crippen molar-refractivity contribution in [2.75, 3.05) is 19.6 Å². The maximum atomic E-state index is 12.7. The van der Waals surface area contributed by atoms with Crippen molar-refractivity contribution in [1.82, 2.24) is 9.62 Å². The Balaban J connectivity index is 2.88. The van der Waals surface area contributed by atoms with Crippen LogP contribution in [0.5, 0.6) is 0 Å². The molecule has 1 aromatic heterocycles. The predicted molar refractivity (Wildman–Crippen MR) is 90.2 cm³/mol. The van der Waals surface area contributed by atoms with Gasteiger partial charge in [0.25, 0.3) is 0 Å². The lowest BCUT2D eigenvalue weighted by atomic mass is 10.0. The van der Waals surface area contributed by atoms with Crippen LogP contribution in [0.15, 0.2) is 16.3 Å². The predicted octanol–water partition coefficient (Wildman–Crippen LogP) is 3.30. The summed E-state index contributed by atoms with van der Waals surface area (Å²) in [4.78, 5) is 1.50. The van der Waals surface area contributed by atoms with E-state index in [1.807, 2.05) is 13.8 Å². The standard InChI is InChI=1S/C15H28N2O2S2/c1-5-13(6-2)11-17(8-4)21(18,19)15-9-14(20-12-15)10-16-7-3/h9,12-13,16H,5-8,10-11H2,1-4H3. The molecule has 1 rings (SSSR count). The highest BCUT2D eigenvalue weighted by atomic mass is 32.2. The minimum absolute atomic E-state index is 0.430. The van der Waals surface area contributed by atoms with Gasteiger partial charge in [0.1, 0.15) is 0 Å². The summed E-state index contributed by atoms with van der Waals surface area (Å²) in [7, 11) is -3.35. The number of nitrogens with zero attached hydrogens (tertiary/aromatic N) is 1. The summed E-state index contributed by atoms with van der Waals surface area (Å²) in [6, 6.07) is 1.80. The molecule has 6 heteroatoms. The van der Waals surface area contributed by atoms with Gasteiger partial charge in [0.2, 0.25) is 10.0 Å². The van der Waals surface area contributed by atoms with Crippen molar-refractivity contribution in [2.24, 2.45) is 5.92 Å². The first kappa shape index (κ1) is 18.6. The fraction of sp³-hybridized carbons (Fsp3) is 0.733. The molecule has 0 aliphatic carbocycles. The number of hydrogen-bond donors (Lipinski definition) is 1. The molecule has 0 aliphatic heterocycles. The molecule has 0 aliphatic rings. The Morgan fingerprint density at radius 2 is 1.90 bits per heavy atom. The Morgan fingerprint density at radius 3 is 2.43 bits per heavy atom. The summed E-state index contributed by atoms with van der Waals surface area (Å²) in [6.45, 7) is 10.9. The Morgan fingerprint density at radius 1 is 1.24 bits per heavy atom. The smallest absolute Gasteiger partial charge is 0.243 e. The van der Waals surface area contributed by atoms with Crippen molar-refractivity contribution in [3.63, 3.8) is 0 Å². The lowest BCUT2D eigenvalue weighted by molar-refractivity contribution is 0.339. The molecule has 0 atom stereocenters. The maximum Gasteiger partial charge on any atom is 0.243 e. The monoisotopic (exact) mass is 332 g/mol. The number of thiophene rings is 1. The van der Waals surface area contributed by atoms with Crippen molar-refractivity contribution in [1.29, 1.82) is 0 Å². The number of nitrogens with one attached hydrogen (secondary N) is 1. The van der Waals surface area contributed by atoms with Crippen molar-refractivity contribution in [2.45, 2.75) is 52.0 Å². The highest BCUT2D eigenvalue weighted by Gasteiger charge is 2.26. The Bertz CT molecular complexity index is 507. The van der Waals surface area contributed by atoms with Gasteiger partial charge < -0.3 is 5.32 Å². The van der Waals surface area contributed by atoms with Crippen LogP contribution in [0.1, 0.15) is 45.4 Å². The molecule has 0 saturated carbocycles. The second-order valence-corrected chi connectivity index (χ2v) is 8.10. The molecule has 0 fully saturated rings. The molecule has 0 spiro atoms.